The molecule has 7 nitrogen and oxygen atoms in total. The number of carbonyl (C=O) groups excluding carboxylic acids is 1. The van der Waals surface area contributed by atoms with E-state index in [1.165, 1.54) is 7.11 Å². The molecule has 0 atom stereocenters. The van der Waals surface area contributed by atoms with Gasteiger partial charge in [-0.1, -0.05) is 6.92 Å². The van der Waals surface area contributed by atoms with Crippen LogP contribution in [0.25, 0.3) is 33.6 Å². The SMILES string of the molecule is CCc1ccc2cc(-c3nc4cc(C(=O)OC)cc(OC)c4n3C3CC3)[nH]c2n1. The van der Waals surface area contributed by atoms with E-state index in [-0.39, 0.29) is 0 Å². The molecule has 1 aliphatic rings. The van der Waals surface area contributed by atoms with Crippen LogP contribution >= 0.6 is 0 Å². The van der Waals surface area contributed by atoms with Crippen molar-refractivity contribution in [2.75, 3.05) is 14.2 Å². The van der Waals surface area contributed by atoms with Crippen LogP contribution in [0.3, 0.4) is 0 Å². The predicted octanol–water partition coefficient (Wildman–Crippen LogP) is 4.27. The summed E-state index contributed by atoms with van der Waals surface area (Å²) < 4.78 is 12.7. The Morgan fingerprint density at radius 1 is 1.21 bits per heavy atom. The molecule has 1 saturated carbocycles. The van der Waals surface area contributed by atoms with Crippen LogP contribution in [0.15, 0.2) is 30.3 Å². The first-order valence-electron chi connectivity index (χ1n) is 9.80. The van der Waals surface area contributed by atoms with E-state index in [1.54, 1.807) is 19.2 Å². The summed E-state index contributed by atoms with van der Waals surface area (Å²) in [5.41, 5.74) is 4.85. The van der Waals surface area contributed by atoms with Crippen LogP contribution in [0, 0.1) is 0 Å². The van der Waals surface area contributed by atoms with Gasteiger partial charge in [-0.05, 0) is 49.6 Å². The molecule has 0 aliphatic heterocycles. The van der Waals surface area contributed by atoms with Crippen molar-refractivity contribution in [2.45, 2.75) is 32.2 Å². The number of aryl methyl sites for hydroxylation is 1. The van der Waals surface area contributed by atoms with Gasteiger partial charge in [-0.2, -0.15) is 0 Å². The van der Waals surface area contributed by atoms with Crippen molar-refractivity contribution < 1.29 is 14.3 Å². The lowest BCUT2D eigenvalue weighted by Crippen LogP contribution is -2.03. The first-order chi connectivity index (χ1) is 14.1. The van der Waals surface area contributed by atoms with Gasteiger partial charge in [0.25, 0.3) is 0 Å². The summed E-state index contributed by atoms with van der Waals surface area (Å²) in [5.74, 6) is 1.05. The highest BCUT2D eigenvalue weighted by Gasteiger charge is 2.31. The van der Waals surface area contributed by atoms with Gasteiger partial charge in [-0.25, -0.2) is 14.8 Å². The lowest BCUT2D eigenvalue weighted by molar-refractivity contribution is 0.0600. The van der Waals surface area contributed by atoms with Gasteiger partial charge in [0, 0.05) is 17.1 Å². The second-order valence-electron chi connectivity index (χ2n) is 7.35. The highest BCUT2D eigenvalue weighted by atomic mass is 16.5. The van der Waals surface area contributed by atoms with Gasteiger partial charge < -0.3 is 19.0 Å². The number of esters is 1. The highest BCUT2D eigenvalue weighted by Crippen LogP contribution is 2.44. The van der Waals surface area contributed by atoms with Crippen LogP contribution in [-0.4, -0.2) is 39.7 Å². The predicted molar refractivity (Wildman–Crippen MR) is 110 cm³/mol. The van der Waals surface area contributed by atoms with Gasteiger partial charge in [-0.3, -0.25) is 0 Å². The van der Waals surface area contributed by atoms with Gasteiger partial charge in [0.1, 0.15) is 16.9 Å². The molecule has 1 aliphatic carbocycles. The van der Waals surface area contributed by atoms with Crippen LogP contribution in [0.5, 0.6) is 5.75 Å². The van der Waals surface area contributed by atoms with Crippen molar-refractivity contribution in [1.82, 2.24) is 19.5 Å². The summed E-state index contributed by atoms with van der Waals surface area (Å²) >= 11 is 0. The van der Waals surface area contributed by atoms with E-state index in [4.69, 9.17) is 14.5 Å². The molecule has 0 bridgehead atoms. The maximum absolute atomic E-state index is 12.1. The van der Waals surface area contributed by atoms with Crippen molar-refractivity contribution >= 4 is 28.0 Å². The number of hydrogen-bond acceptors (Lipinski definition) is 5. The summed E-state index contributed by atoms with van der Waals surface area (Å²) in [4.78, 5) is 25.1. The molecule has 0 spiro atoms. The molecule has 0 saturated heterocycles. The fraction of sp³-hybridized carbons (Fsp3) is 0.318. The zero-order chi connectivity index (χ0) is 20.1. The van der Waals surface area contributed by atoms with Crippen molar-refractivity contribution in [3.8, 4) is 17.3 Å². The van der Waals surface area contributed by atoms with Crippen LogP contribution in [0.2, 0.25) is 0 Å². The minimum atomic E-state index is -0.408. The van der Waals surface area contributed by atoms with Crippen molar-refractivity contribution in [2.24, 2.45) is 0 Å². The van der Waals surface area contributed by atoms with Gasteiger partial charge in [0.05, 0.1) is 31.0 Å². The van der Waals surface area contributed by atoms with Crippen LogP contribution < -0.4 is 4.74 Å². The molecule has 148 valence electrons. The smallest absolute Gasteiger partial charge is 0.338 e. The lowest BCUT2D eigenvalue weighted by Gasteiger charge is -2.10. The lowest BCUT2D eigenvalue weighted by atomic mass is 10.2. The van der Waals surface area contributed by atoms with E-state index in [0.29, 0.717) is 22.9 Å². The molecule has 3 heterocycles. The molecule has 0 radical (unpaired) electrons. The largest absolute Gasteiger partial charge is 0.494 e. The molecular formula is C22H22N4O3. The number of aromatic nitrogens is 4. The topological polar surface area (TPSA) is 82.0 Å². The van der Waals surface area contributed by atoms with E-state index in [1.807, 2.05) is 0 Å². The summed E-state index contributed by atoms with van der Waals surface area (Å²) in [5, 5.41) is 1.05. The van der Waals surface area contributed by atoms with Crippen LogP contribution in [0.4, 0.5) is 0 Å². The number of imidazole rings is 1. The molecule has 4 aromatic rings. The zero-order valence-corrected chi connectivity index (χ0v) is 16.7. The average Bonchev–Trinajstić information content (AvgIpc) is 3.38. The molecule has 1 fully saturated rings. The first kappa shape index (κ1) is 17.7. The van der Waals surface area contributed by atoms with Crippen molar-refractivity contribution in [3.05, 3.63) is 41.6 Å². The molecule has 1 aromatic carbocycles. The Labute approximate surface area is 167 Å². The zero-order valence-electron chi connectivity index (χ0n) is 16.7. The van der Waals surface area contributed by atoms with E-state index in [0.717, 1.165) is 53.0 Å². The number of benzene rings is 1. The third-order valence-corrected chi connectivity index (χ3v) is 5.44. The molecule has 0 amide bonds. The normalized spacial score (nSPS) is 13.9. The minimum Gasteiger partial charge on any atom is -0.494 e. The minimum absolute atomic E-state index is 0.374. The summed E-state index contributed by atoms with van der Waals surface area (Å²) in [7, 11) is 2.98. The fourth-order valence-corrected chi connectivity index (χ4v) is 3.83. The Bertz CT molecular complexity index is 1250. The number of nitrogens with one attached hydrogen (secondary N) is 1. The summed E-state index contributed by atoms with van der Waals surface area (Å²) in [6.45, 7) is 2.09. The molecule has 1 N–H and O–H groups in total. The quantitative estimate of drug-likeness (QED) is 0.515. The maximum Gasteiger partial charge on any atom is 0.338 e. The van der Waals surface area contributed by atoms with E-state index in [2.05, 4.69) is 39.7 Å². The molecule has 7 heteroatoms. The Morgan fingerprint density at radius 2 is 2.03 bits per heavy atom. The molecule has 0 unspecified atom stereocenters. The summed E-state index contributed by atoms with van der Waals surface area (Å²) in [6.07, 6.45) is 3.08. The summed E-state index contributed by atoms with van der Waals surface area (Å²) in [6, 6.07) is 10.1. The molecule has 3 aromatic heterocycles. The molecule has 5 rings (SSSR count). The number of nitrogens with zero attached hydrogens (tertiary/aromatic N) is 3. The van der Waals surface area contributed by atoms with Crippen molar-refractivity contribution in [3.63, 3.8) is 0 Å². The van der Waals surface area contributed by atoms with E-state index in [9.17, 15) is 4.79 Å². The second-order valence-corrected chi connectivity index (χ2v) is 7.35. The highest BCUT2D eigenvalue weighted by molar-refractivity contribution is 5.97. The number of pyridine rings is 1. The Morgan fingerprint density at radius 3 is 2.72 bits per heavy atom. The third kappa shape index (κ3) is 2.85. The van der Waals surface area contributed by atoms with Crippen LogP contribution in [-0.2, 0) is 11.2 Å². The van der Waals surface area contributed by atoms with Gasteiger partial charge in [0.15, 0.2) is 5.82 Å². The number of fused-ring (bicyclic) bond motifs is 2. The molecule has 29 heavy (non-hydrogen) atoms. The van der Waals surface area contributed by atoms with E-state index >= 15 is 0 Å². The Kier molecular flexibility index (Phi) is 4.04. The fourth-order valence-electron chi connectivity index (χ4n) is 3.83. The van der Waals surface area contributed by atoms with Crippen molar-refractivity contribution in [1.29, 1.82) is 0 Å². The number of H-pyrrole nitrogens is 1. The number of ether oxygens (including phenoxy) is 2. The number of methoxy groups -OCH3 is 2. The van der Waals surface area contributed by atoms with Gasteiger partial charge in [0.2, 0.25) is 0 Å². The first-order valence-corrected chi connectivity index (χ1v) is 9.80. The molecular weight excluding hydrogens is 368 g/mol. The monoisotopic (exact) mass is 390 g/mol. The van der Waals surface area contributed by atoms with Gasteiger partial charge >= 0.3 is 5.97 Å². The van der Waals surface area contributed by atoms with Crippen LogP contribution in [0.1, 0.15) is 41.9 Å². The average molecular weight is 390 g/mol. The maximum atomic E-state index is 12.1. The van der Waals surface area contributed by atoms with Gasteiger partial charge in [-0.15, -0.1) is 0 Å². The Hall–Kier alpha value is -3.35. The number of aromatic amines is 1. The van der Waals surface area contributed by atoms with E-state index < -0.39 is 5.97 Å². The number of hydrogen-bond donors (Lipinski definition) is 1. The third-order valence-electron chi connectivity index (χ3n) is 5.44. The Balaban J connectivity index is 1.75. The number of rotatable bonds is 5. The second kappa shape index (κ2) is 6.62. The number of carbonyl (C=O) groups is 1. The standard InChI is InChI=1S/C22H22N4O3/c1-4-14-6-5-12-9-17(24-20(12)23-14)21-25-16-10-13(22(27)29-3)11-18(28-2)19(16)26(21)15-7-8-15/h5-6,9-11,15H,4,7-8H2,1-3H3,(H,23,24).